The molecule has 2 rings (SSSR count). The van der Waals surface area contributed by atoms with Gasteiger partial charge in [-0.3, -0.25) is 0 Å². The van der Waals surface area contributed by atoms with Crippen LogP contribution in [0.3, 0.4) is 0 Å². The van der Waals surface area contributed by atoms with Crippen LogP contribution in [-0.2, 0) is 5.41 Å². The van der Waals surface area contributed by atoms with E-state index in [9.17, 15) is 0 Å². The first-order valence-electron chi connectivity index (χ1n) is 5.71. The van der Waals surface area contributed by atoms with Crippen LogP contribution in [0.4, 0.5) is 0 Å². The predicted molar refractivity (Wildman–Crippen MR) is 64.7 cm³/mol. The van der Waals surface area contributed by atoms with Crippen molar-refractivity contribution in [2.75, 3.05) is 7.11 Å². The summed E-state index contributed by atoms with van der Waals surface area (Å²) in [6, 6.07) is 2.16. The largest absolute Gasteiger partial charge is 0.481 e. The van der Waals surface area contributed by atoms with E-state index in [-0.39, 0.29) is 11.0 Å². The molecule has 0 unspecified atom stereocenters. The first-order valence-corrected chi connectivity index (χ1v) is 5.71. The van der Waals surface area contributed by atoms with Crippen LogP contribution in [0, 0.1) is 6.92 Å². The highest BCUT2D eigenvalue weighted by Crippen LogP contribution is 2.54. The molecule has 3 nitrogen and oxygen atoms in total. The van der Waals surface area contributed by atoms with E-state index in [2.05, 4.69) is 24.9 Å². The predicted octanol–water partition coefficient (Wildman–Crippen LogP) is 2.17. The lowest BCUT2D eigenvalue weighted by Gasteiger charge is -2.31. The molecule has 0 atom stereocenters. The fourth-order valence-electron chi connectivity index (χ4n) is 2.47. The van der Waals surface area contributed by atoms with E-state index in [0.29, 0.717) is 5.88 Å². The van der Waals surface area contributed by atoms with Crippen molar-refractivity contribution in [3.05, 3.63) is 23.4 Å². The number of rotatable bonds is 3. The third-order valence-corrected chi connectivity index (χ3v) is 3.76. The van der Waals surface area contributed by atoms with Crippen LogP contribution in [0.5, 0.6) is 5.88 Å². The van der Waals surface area contributed by atoms with E-state index in [1.807, 2.05) is 13.1 Å². The van der Waals surface area contributed by atoms with Gasteiger partial charge in [0.05, 0.1) is 7.11 Å². The maximum absolute atomic E-state index is 6.27. The minimum atomic E-state index is -0.185. The average Bonchev–Trinajstić information content (AvgIpc) is 2.97. The Bertz CT molecular complexity index is 403. The Morgan fingerprint density at radius 1 is 1.44 bits per heavy atom. The minimum Gasteiger partial charge on any atom is -0.481 e. The summed E-state index contributed by atoms with van der Waals surface area (Å²) >= 11 is 0. The zero-order chi connectivity index (χ0) is 12.0. The van der Waals surface area contributed by atoms with E-state index < -0.39 is 0 Å². The second-order valence-electron chi connectivity index (χ2n) is 5.35. The van der Waals surface area contributed by atoms with Crippen LogP contribution in [0.1, 0.15) is 37.8 Å². The molecule has 0 saturated heterocycles. The van der Waals surface area contributed by atoms with E-state index in [4.69, 9.17) is 10.5 Å². The van der Waals surface area contributed by atoms with Gasteiger partial charge in [-0.2, -0.15) is 0 Å². The maximum atomic E-state index is 6.27. The first-order chi connectivity index (χ1) is 7.40. The van der Waals surface area contributed by atoms with Crippen molar-refractivity contribution < 1.29 is 4.74 Å². The molecule has 88 valence electrons. The van der Waals surface area contributed by atoms with Crippen LogP contribution >= 0.6 is 0 Å². The van der Waals surface area contributed by atoms with Crippen molar-refractivity contribution in [2.45, 2.75) is 44.6 Å². The van der Waals surface area contributed by atoms with Crippen LogP contribution in [-0.4, -0.2) is 17.6 Å². The van der Waals surface area contributed by atoms with Gasteiger partial charge in [0, 0.05) is 22.7 Å². The number of aromatic nitrogens is 1. The van der Waals surface area contributed by atoms with Crippen molar-refractivity contribution in [3.8, 4) is 5.88 Å². The van der Waals surface area contributed by atoms with Crippen LogP contribution in [0.25, 0.3) is 0 Å². The van der Waals surface area contributed by atoms with Gasteiger partial charge in [0.25, 0.3) is 0 Å². The lowest BCUT2D eigenvalue weighted by Crippen LogP contribution is -2.45. The first kappa shape index (κ1) is 11.4. The van der Waals surface area contributed by atoms with E-state index in [1.54, 1.807) is 7.11 Å². The lowest BCUT2D eigenvalue weighted by molar-refractivity contribution is 0.381. The number of nitrogens with two attached hydrogens (primary N) is 1. The van der Waals surface area contributed by atoms with Crippen molar-refractivity contribution >= 4 is 0 Å². The number of pyridine rings is 1. The molecule has 1 aliphatic rings. The number of hydrogen-bond acceptors (Lipinski definition) is 3. The summed E-state index contributed by atoms with van der Waals surface area (Å²) in [5.41, 5.74) is 8.53. The highest BCUT2D eigenvalue weighted by Gasteiger charge is 2.53. The topological polar surface area (TPSA) is 48.1 Å². The number of hydrogen-bond donors (Lipinski definition) is 1. The summed E-state index contributed by atoms with van der Waals surface area (Å²) in [6.07, 6.45) is 4.22. The van der Waals surface area contributed by atoms with Crippen LogP contribution < -0.4 is 10.5 Å². The van der Waals surface area contributed by atoms with E-state index in [1.165, 1.54) is 5.56 Å². The van der Waals surface area contributed by atoms with Gasteiger partial charge in [-0.25, -0.2) is 4.98 Å². The molecule has 1 aromatic heterocycles. The molecular weight excluding hydrogens is 200 g/mol. The van der Waals surface area contributed by atoms with Crippen LogP contribution in [0.15, 0.2) is 12.3 Å². The van der Waals surface area contributed by atoms with Crippen molar-refractivity contribution in [1.82, 2.24) is 4.98 Å². The Hall–Kier alpha value is -1.09. The van der Waals surface area contributed by atoms with Crippen molar-refractivity contribution in [1.29, 1.82) is 0 Å². The summed E-state index contributed by atoms with van der Waals surface area (Å²) < 4.78 is 5.18. The number of ether oxygens (including phenoxy) is 1. The Balaban J connectivity index is 2.39. The molecule has 1 heterocycles. The number of aryl methyl sites for hydroxylation is 1. The van der Waals surface area contributed by atoms with Gasteiger partial charge < -0.3 is 10.5 Å². The summed E-state index contributed by atoms with van der Waals surface area (Å²) in [5, 5.41) is 0. The molecule has 0 aromatic carbocycles. The molecule has 0 radical (unpaired) electrons. The normalized spacial score (nSPS) is 18.3. The van der Waals surface area contributed by atoms with Gasteiger partial charge in [-0.15, -0.1) is 0 Å². The van der Waals surface area contributed by atoms with Crippen molar-refractivity contribution in [2.24, 2.45) is 5.73 Å². The van der Waals surface area contributed by atoms with Gasteiger partial charge in [-0.1, -0.05) is 0 Å². The van der Waals surface area contributed by atoms with Gasteiger partial charge in [0.1, 0.15) is 0 Å². The summed E-state index contributed by atoms with van der Waals surface area (Å²) in [7, 11) is 1.65. The summed E-state index contributed by atoms with van der Waals surface area (Å²) in [4.78, 5) is 4.34. The van der Waals surface area contributed by atoms with Gasteiger partial charge in [0.2, 0.25) is 5.88 Å². The molecule has 3 heteroatoms. The highest BCUT2D eigenvalue weighted by molar-refractivity contribution is 5.39. The molecule has 1 saturated carbocycles. The van der Waals surface area contributed by atoms with Crippen LogP contribution in [0.2, 0.25) is 0 Å². The standard InChI is InChI=1S/C13H20N2O/c1-9-7-10(8-15-11(9)16-4)13(5-6-13)12(2,3)14/h7-8H,5-6,14H2,1-4H3. The zero-order valence-electron chi connectivity index (χ0n) is 10.5. The molecule has 2 N–H and O–H groups in total. The smallest absolute Gasteiger partial charge is 0.215 e. The molecule has 0 bridgehead atoms. The zero-order valence-corrected chi connectivity index (χ0v) is 10.5. The quantitative estimate of drug-likeness (QED) is 0.849. The van der Waals surface area contributed by atoms with Gasteiger partial charge in [0.15, 0.2) is 0 Å². The fourth-order valence-corrected chi connectivity index (χ4v) is 2.47. The maximum Gasteiger partial charge on any atom is 0.215 e. The van der Waals surface area contributed by atoms with E-state index >= 15 is 0 Å². The molecular formula is C13H20N2O. The van der Waals surface area contributed by atoms with Crippen molar-refractivity contribution in [3.63, 3.8) is 0 Å². The molecule has 16 heavy (non-hydrogen) atoms. The number of nitrogens with zero attached hydrogens (tertiary/aromatic N) is 1. The Kier molecular flexibility index (Phi) is 2.46. The molecule has 1 aliphatic carbocycles. The molecule has 0 spiro atoms. The third kappa shape index (κ3) is 1.59. The summed E-state index contributed by atoms with van der Waals surface area (Å²) in [5.74, 6) is 0.703. The Labute approximate surface area is 97.0 Å². The molecule has 1 fully saturated rings. The molecule has 0 aliphatic heterocycles. The second-order valence-corrected chi connectivity index (χ2v) is 5.35. The third-order valence-electron chi connectivity index (χ3n) is 3.76. The molecule has 1 aromatic rings. The fraction of sp³-hybridized carbons (Fsp3) is 0.615. The Morgan fingerprint density at radius 2 is 2.06 bits per heavy atom. The average molecular weight is 220 g/mol. The SMILES string of the molecule is COc1ncc(C2(C(C)(C)N)CC2)cc1C. The Morgan fingerprint density at radius 3 is 2.44 bits per heavy atom. The monoisotopic (exact) mass is 220 g/mol. The van der Waals surface area contributed by atoms with Gasteiger partial charge >= 0.3 is 0 Å². The summed E-state index contributed by atoms with van der Waals surface area (Å²) in [6.45, 7) is 6.22. The van der Waals surface area contributed by atoms with Gasteiger partial charge in [-0.05, 0) is 45.2 Å². The number of methoxy groups -OCH3 is 1. The second kappa shape index (κ2) is 3.45. The minimum absolute atomic E-state index is 0.122. The lowest BCUT2D eigenvalue weighted by atomic mass is 9.79. The molecule has 0 amide bonds. The highest BCUT2D eigenvalue weighted by atomic mass is 16.5. The van der Waals surface area contributed by atoms with E-state index in [0.717, 1.165) is 18.4 Å².